The number of carbonyl (C=O) groups is 1. The zero-order valence-electron chi connectivity index (χ0n) is 13.3. The molecular weight excluding hydrogens is 282 g/mol. The average Bonchev–Trinajstić information content (AvgIpc) is 3.24. The molecule has 6 nitrogen and oxygen atoms in total. The molecule has 1 amide bonds. The molecule has 1 aromatic rings. The SMILES string of the molecule is CCc1nc([C@@H]2CCCN(C(=O)CC[C@H]3CCCO3)C2)no1. The van der Waals surface area contributed by atoms with Gasteiger partial charge in [-0.05, 0) is 32.1 Å². The van der Waals surface area contributed by atoms with Gasteiger partial charge in [0.25, 0.3) is 0 Å². The molecule has 0 aliphatic carbocycles. The smallest absolute Gasteiger partial charge is 0.226 e. The minimum atomic E-state index is 0.212. The lowest BCUT2D eigenvalue weighted by Crippen LogP contribution is -2.39. The van der Waals surface area contributed by atoms with Crippen LogP contribution in [0.2, 0.25) is 0 Å². The highest BCUT2D eigenvalue weighted by atomic mass is 16.5. The van der Waals surface area contributed by atoms with Crippen molar-refractivity contribution in [3.05, 3.63) is 11.7 Å². The first kappa shape index (κ1) is 15.5. The molecule has 1 aromatic heterocycles. The van der Waals surface area contributed by atoms with Gasteiger partial charge in [0.2, 0.25) is 11.8 Å². The number of aryl methyl sites for hydroxylation is 1. The lowest BCUT2D eigenvalue weighted by Gasteiger charge is -2.31. The third-order valence-electron chi connectivity index (χ3n) is 4.63. The van der Waals surface area contributed by atoms with E-state index in [1.165, 1.54) is 0 Å². The van der Waals surface area contributed by atoms with Crippen molar-refractivity contribution in [2.75, 3.05) is 19.7 Å². The van der Waals surface area contributed by atoms with Gasteiger partial charge in [-0.2, -0.15) is 4.98 Å². The maximum absolute atomic E-state index is 12.4. The van der Waals surface area contributed by atoms with Crippen molar-refractivity contribution < 1.29 is 14.1 Å². The Labute approximate surface area is 131 Å². The summed E-state index contributed by atoms with van der Waals surface area (Å²) in [7, 11) is 0. The van der Waals surface area contributed by atoms with Crippen molar-refractivity contribution >= 4 is 5.91 Å². The van der Waals surface area contributed by atoms with Crippen LogP contribution in [0.1, 0.15) is 63.1 Å². The van der Waals surface area contributed by atoms with Gasteiger partial charge in [0, 0.05) is 38.5 Å². The van der Waals surface area contributed by atoms with Crippen LogP contribution in [0.5, 0.6) is 0 Å². The Hall–Kier alpha value is -1.43. The predicted octanol–water partition coefficient (Wildman–Crippen LogP) is 2.30. The second kappa shape index (κ2) is 7.22. The van der Waals surface area contributed by atoms with Crippen LogP contribution < -0.4 is 0 Å². The standard InChI is InChI=1S/C16H25N3O3/c1-2-14-17-16(18-22-14)12-5-3-9-19(11-12)15(20)8-7-13-6-4-10-21-13/h12-13H,2-11H2,1H3/t12-,13-/m1/s1. The van der Waals surface area contributed by atoms with E-state index in [4.69, 9.17) is 9.26 Å². The predicted molar refractivity (Wildman–Crippen MR) is 80.4 cm³/mol. The van der Waals surface area contributed by atoms with Crippen LogP contribution in [0.4, 0.5) is 0 Å². The van der Waals surface area contributed by atoms with Crippen molar-refractivity contribution in [1.29, 1.82) is 0 Å². The third-order valence-corrected chi connectivity index (χ3v) is 4.63. The Bertz CT molecular complexity index is 497. The molecule has 2 fully saturated rings. The van der Waals surface area contributed by atoms with Gasteiger partial charge in [-0.1, -0.05) is 12.1 Å². The van der Waals surface area contributed by atoms with E-state index < -0.39 is 0 Å². The number of piperidine rings is 1. The molecule has 0 bridgehead atoms. The van der Waals surface area contributed by atoms with Gasteiger partial charge in [-0.25, -0.2) is 0 Å². The highest BCUT2D eigenvalue weighted by Crippen LogP contribution is 2.26. The Kier molecular flexibility index (Phi) is 5.08. The van der Waals surface area contributed by atoms with E-state index in [1.807, 2.05) is 11.8 Å². The van der Waals surface area contributed by atoms with Gasteiger partial charge in [-0.15, -0.1) is 0 Å². The third kappa shape index (κ3) is 3.66. The molecule has 0 spiro atoms. The molecule has 0 aromatic carbocycles. The van der Waals surface area contributed by atoms with E-state index in [-0.39, 0.29) is 17.9 Å². The Balaban J connectivity index is 1.51. The zero-order valence-corrected chi connectivity index (χ0v) is 13.3. The lowest BCUT2D eigenvalue weighted by molar-refractivity contribution is -0.133. The lowest BCUT2D eigenvalue weighted by atomic mass is 9.97. The number of nitrogens with zero attached hydrogens (tertiary/aromatic N) is 3. The first-order chi connectivity index (χ1) is 10.8. The molecule has 3 rings (SSSR count). The van der Waals surface area contributed by atoms with E-state index in [2.05, 4.69) is 10.1 Å². The number of rotatable bonds is 5. The second-order valence-electron chi connectivity index (χ2n) is 6.25. The topological polar surface area (TPSA) is 68.5 Å². The van der Waals surface area contributed by atoms with Crippen LogP contribution in [-0.4, -0.2) is 46.7 Å². The molecule has 2 saturated heterocycles. The number of carbonyl (C=O) groups excluding carboxylic acids is 1. The molecule has 2 aliphatic rings. The van der Waals surface area contributed by atoms with Gasteiger partial charge in [0.15, 0.2) is 5.82 Å². The first-order valence-corrected chi connectivity index (χ1v) is 8.48. The first-order valence-electron chi connectivity index (χ1n) is 8.48. The van der Waals surface area contributed by atoms with Gasteiger partial charge in [0.1, 0.15) is 0 Å². The average molecular weight is 307 g/mol. The van der Waals surface area contributed by atoms with E-state index in [0.29, 0.717) is 18.9 Å². The minimum absolute atomic E-state index is 0.212. The fraction of sp³-hybridized carbons (Fsp3) is 0.812. The largest absolute Gasteiger partial charge is 0.378 e. The van der Waals surface area contributed by atoms with Crippen molar-refractivity contribution in [3.63, 3.8) is 0 Å². The molecule has 3 heterocycles. The molecule has 2 atom stereocenters. The van der Waals surface area contributed by atoms with Crippen molar-refractivity contribution in [2.24, 2.45) is 0 Å². The highest BCUT2D eigenvalue weighted by Gasteiger charge is 2.28. The maximum Gasteiger partial charge on any atom is 0.226 e. The molecule has 0 radical (unpaired) electrons. The summed E-state index contributed by atoms with van der Waals surface area (Å²) in [6, 6.07) is 0. The summed E-state index contributed by atoms with van der Waals surface area (Å²) in [4.78, 5) is 18.8. The summed E-state index contributed by atoms with van der Waals surface area (Å²) >= 11 is 0. The monoisotopic (exact) mass is 307 g/mol. The van der Waals surface area contributed by atoms with Crippen LogP contribution in [0.15, 0.2) is 4.52 Å². The molecule has 0 N–H and O–H groups in total. The van der Waals surface area contributed by atoms with Crippen LogP contribution in [0, 0.1) is 0 Å². The summed E-state index contributed by atoms with van der Waals surface area (Å²) in [6.45, 7) is 4.41. The van der Waals surface area contributed by atoms with E-state index in [9.17, 15) is 4.79 Å². The van der Waals surface area contributed by atoms with Crippen molar-refractivity contribution in [3.8, 4) is 0 Å². The summed E-state index contributed by atoms with van der Waals surface area (Å²) in [6.07, 6.45) is 6.73. The Morgan fingerprint density at radius 1 is 1.36 bits per heavy atom. The van der Waals surface area contributed by atoms with Crippen molar-refractivity contribution in [2.45, 2.75) is 63.9 Å². The van der Waals surface area contributed by atoms with Gasteiger partial charge in [0.05, 0.1) is 6.10 Å². The second-order valence-corrected chi connectivity index (χ2v) is 6.25. The summed E-state index contributed by atoms with van der Waals surface area (Å²) in [5.41, 5.74) is 0. The summed E-state index contributed by atoms with van der Waals surface area (Å²) in [5.74, 6) is 1.88. The summed E-state index contributed by atoms with van der Waals surface area (Å²) in [5, 5.41) is 4.07. The number of ether oxygens (including phenoxy) is 1. The number of hydrogen-bond acceptors (Lipinski definition) is 5. The van der Waals surface area contributed by atoms with Crippen LogP contribution in [-0.2, 0) is 16.0 Å². The Morgan fingerprint density at radius 3 is 3.00 bits per heavy atom. The molecule has 0 unspecified atom stereocenters. The Morgan fingerprint density at radius 2 is 2.27 bits per heavy atom. The van der Waals surface area contributed by atoms with Gasteiger partial charge < -0.3 is 14.2 Å². The number of hydrogen-bond donors (Lipinski definition) is 0. The number of aromatic nitrogens is 2. The normalized spacial score (nSPS) is 25.6. The molecule has 0 saturated carbocycles. The maximum atomic E-state index is 12.4. The quantitative estimate of drug-likeness (QED) is 0.835. The fourth-order valence-electron chi connectivity index (χ4n) is 3.31. The molecule has 6 heteroatoms. The van der Waals surface area contributed by atoms with Gasteiger partial charge in [-0.3, -0.25) is 4.79 Å². The van der Waals surface area contributed by atoms with Crippen LogP contribution in [0.25, 0.3) is 0 Å². The van der Waals surface area contributed by atoms with Crippen molar-refractivity contribution in [1.82, 2.24) is 15.0 Å². The van der Waals surface area contributed by atoms with E-state index in [0.717, 1.165) is 57.5 Å². The fourth-order valence-corrected chi connectivity index (χ4v) is 3.31. The summed E-state index contributed by atoms with van der Waals surface area (Å²) < 4.78 is 10.8. The minimum Gasteiger partial charge on any atom is -0.378 e. The molecule has 122 valence electrons. The van der Waals surface area contributed by atoms with Crippen LogP contribution >= 0.6 is 0 Å². The van der Waals surface area contributed by atoms with Crippen LogP contribution in [0.3, 0.4) is 0 Å². The molecule has 2 aliphatic heterocycles. The number of amides is 1. The van der Waals surface area contributed by atoms with E-state index in [1.54, 1.807) is 0 Å². The zero-order chi connectivity index (χ0) is 15.4. The number of likely N-dealkylation sites (tertiary alicyclic amines) is 1. The van der Waals surface area contributed by atoms with E-state index >= 15 is 0 Å². The highest BCUT2D eigenvalue weighted by molar-refractivity contribution is 5.76. The molecular formula is C16H25N3O3. The molecule has 22 heavy (non-hydrogen) atoms. The van der Waals surface area contributed by atoms with Gasteiger partial charge >= 0.3 is 0 Å².